The maximum atomic E-state index is 13.2. The molecule has 1 aromatic carbocycles. The molecule has 0 fully saturated rings. The Morgan fingerprint density at radius 3 is 1.89 bits per heavy atom. The molecular formula is C13H6F4N2. The van der Waals surface area contributed by atoms with Gasteiger partial charge in [0, 0.05) is 11.3 Å². The fourth-order valence-electron chi connectivity index (χ4n) is 1.30. The van der Waals surface area contributed by atoms with Gasteiger partial charge in [-0.2, -0.15) is 13.8 Å². The molecule has 2 aromatic rings. The molecule has 0 amide bonds. The van der Waals surface area contributed by atoms with Crippen LogP contribution in [0.15, 0.2) is 24.3 Å². The average Bonchev–Trinajstić information content (AvgIpc) is 2.38. The molecule has 1 heterocycles. The van der Waals surface area contributed by atoms with Crippen molar-refractivity contribution in [2.45, 2.75) is 0 Å². The van der Waals surface area contributed by atoms with Crippen LogP contribution in [0.25, 0.3) is 0 Å². The van der Waals surface area contributed by atoms with E-state index in [1.165, 1.54) is 24.3 Å². The third kappa shape index (κ3) is 2.65. The van der Waals surface area contributed by atoms with Crippen molar-refractivity contribution in [3.63, 3.8) is 0 Å². The minimum Gasteiger partial charge on any atom is -0.399 e. The first-order chi connectivity index (χ1) is 8.99. The molecule has 0 unspecified atom stereocenters. The lowest BCUT2D eigenvalue weighted by atomic mass is 10.2. The molecule has 0 aliphatic carbocycles. The lowest BCUT2D eigenvalue weighted by Crippen LogP contribution is -2.03. The molecule has 2 nitrogen and oxygen atoms in total. The number of rotatable bonds is 0. The quantitative estimate of drug-likeness (QED) is 0.344. The van der Waals surface area contributed by atoms with E-state index in [9.17, 15) is 17.6 Å². The summed E-state index contributed by atoms with van der Waals surface area (Å²) in [6, 6.07) is 6.08. The summed E-state index contributed by atoms with van der Waals surface area (Å²) in [5.74, 6) is -2.30. The van der Waals surface area contributed by atoms with Crippen LogP contribution in [0, 0.1) is 35.4 Å². The third-order valence-electron chi connectivity index (χ3n) is 2.24. The summed E-state index contributed by atoms with van der Waals surface area (Å²) >= 11 is 0. The van der Waals surface area contributed by atoms with Crippen LogP contribution >= 0.6 is 0 Å². The van der Waals surface area contributed by atoms with Crippen LogP contribution in [-0.4, -0.2) is 4.98 Å². The van der Waals surface area contributed by atoms with E-state index in [-0.39, 0.29) is 0 Å². The molecule has 6 heteroatoms. The molecule has 0 aliphatic rings. The van der Waals surface area contributed by atoms with Gasteiger partial charge in [0.15, 0.2) is 11.6 Å². The Balaban J connectivity index is 2.48. The molecular weight excluding hydrogens is 260 g/mol. The van der Waals surface area contributed by atoms with E-state index in [0.29, 0.717) is 11.3 Å². The highest BCUT2D eigenvalue weighted by atomic mass is 19.2. The van der Waals surface area contributed by atoms with E-state index < -0.39 is 29.1 Å². The number of nitrogen functional groups attached to an aromatic ring is 1. The van der Waals surface area contributed by atoms with E-state index in [1.807, 2.05) is 5.92 Å². The van der Waals surface area contributed by atoms with Crippen molar-refractivity contribution in [1.82, 2.24) is 4.98 Å². The number of hydrogen-bond donors (Lipinski definition) is 1. The summed E-state index contributed by atoms with van der Waals surface area (Å²) in [5.41, 5.74) is 5.33. The van der Waals surface area contributed by atoms with E-state index in [1.54, 1.807) is 0 Å². The highest BCUT2D eigenvalue weighted by Crippen LogP contribution is 2.15. The van der Waals surface area contributed by atoms with Crippen LogP contribution in [0.4, 0.5) is 23.2 Å². The van der Waals surface area contributed by atoms with Crippen molar-refractivity contribution in [2.24, 2.45) is 0 Å². The number of nitrogens with two attached hydrogens (primary N) is 1. The largest absolute Gasteiger partial charge is 0.399 e. The maximum Gasteiger partial charge on any atom is 0.253 e. The Hall–Kier alpha value is -2.55. The predicted molar refractivity (Wildman–Crippen MR) is 60.9 cm³/mol. The Morgan fingerprint density at radius 1 is 0.842 bits per heavy atom. The molecule has 19 heavy (non-hydrogen) atoms. The fourth-order valence-corrected chi connectivity index (χ4v) is 1.30. The fraction of sp³-hybridized carbons (Fsp3) is 0. The van der Waals surface area contributed by atoms with E-state index in [0.717, 1.165) is 0 Å². The molecule has 2 rings (SSSR count). The number of pyridine rings is 1. The molecule has 0 atom stereocenters. The minimum atomic E-state index is -1.74. The van der Waals surface area contributed by atoms with Gasteiger partial charge in [-0.1, -0.05) is 11.8 Å². The van der Waals surface area contributed by atoms with E-state index >= 15 is 0 Å². The van der Waals surface area contributed by atoms with Crippen molar-refractivity contribution in [3.05, 3.63) is 58.9 Å². The number of benzene rings is 1. The van der Waals surface area contributed by atoms with Crippen molar-refractivity contribution in [3.8, 4) is 11.8 Å². The van der Waals surface area contributed by atoms with E-state index in [2.05, 4.69) is 10.9 Å². The molecule has 0 radical (unpaired) electrons. The second kappa shape index (κ2) is 4.98. The predicted octanol–water partition coefficient (Wildman–Crippen LogP) is 2.62. The number of anilines is 1. The summed E-state index contributed by atoms with van der Waals surface area (Å²) in [6.07, 6.45) is 0. The van der Waals surface area contributed by atoms with Gasteiger partial charge in [0.05, 0.1) is 0 Å². The first-order valence-corrected chi connectivity index (χ1v) is 5.06. The van der Waals surface area contributed by atoms with Gasteiger partial charge in [-0.05, 0) is 24.3 Å². The van der Waals surface area contributed by atoms with Gasteiger partial charge in [-0.3, -0.25) is 0 Å². The summed E-state index contributed by atoms with van der Waals surface area (Å²) in [6.45, 7) is 0. The Labute approximate surface area is 105 Å². The summed E-state index contributed by atoms with van der Waals surface area (Å²) in [4.78, 5) is 2.43. The zero-order valence-electron chi connectivity index (χ0n) is 9.35. The molecule has 0 spiro atoms. The zero-order chi connectivity index (χ0) is 14.0. The monoisotopic (exact) mass is 266 g/mol. The zero-order valence-corrected chi connectivity index (χ0v) is 9.35. The molecule has 0 bridgehead atoms. The van der Waals surface area contributed by atoms with Crippen LogP contribution in [0.2, 0.25) is 0 Å². The maximum absolute atomic E-state index is 13.2. The highest BCUT2D eigenvalue weighted by Gasteiger charge is 2.18. The second-order valence-corrected chi connectivity index (χ2v) is 3.57. The molecule has 2 N–H and O–H groups in total. The molecule has 0 saturated carbocycles. The highest BCUT2D eigenvalue weighted by molar-refractivity contribution is 5.48. The van der Waals surface area contributed by atoms with Gasteiger partial charge in [0.2, 0.25) is 0 Å². The normalized spacial score (nSPS) is 9.89. The van der Waals surface area contributed by atoms with Crippen molar-refractivity contribution >= 4 is 5.69 Å². The number of halogens is 4. The molecule has 0 saturated heterocycles. The molecule has 96 valence electrons. The van der Waals surface area contributed by atoms with Gasteiger partial charge >= 0.3 is 0 Å². The molecule has 0 aliphatic heterocycles. The number of hydrogen-bond acceptors (Lipinski definition) is 2. The van der Waals surface area contributed by atoms with Gasteiger partial charge in [0.25, 0.3) is 11.9 Å². The van der Waals surface area contributed by atoms with Crippen LogP contribution in [-0.2, 0) is 0 Å². The Bertz CT molecular complexity index is 658. The second-order valence-electron chi connectivity index (χ2n) is 3.57. The van der Waals surface area contributed by atoms with Gasteiger partial charge in [-0.25, -0.2) is 8.78 Å². The van der Waals surface area contributed by atoms with Gasteiger partial charge in [-0.15, -0.1) is 0 Å². The van der Waals surface area contributed by atoms with Gasteiger partial charge < -0.3 is 5.73 Å². The minimum absolute atomic E-state index is 0.394. The standard InChI is InChI=1S/C13H6F4N2/c14-10-9(11(15)13(17)19-12(10)16)6-3-7-1-4-8(18)5-2-7/h1-2,4-5H,18H2. The van der Waals surface area contributed by atoms with Crippen molar-refractivity contribution in [1.29, 1.82) is 0 Å². The summed E-state index contributed by atoms with van der Waals surface area (Å²) in [7, 11) is 0. The van der Waals surface area contributed by atoms with Crippen LogP contribution < -0.4 is 5.73 Å². The Morgan fingerprint density at radius 2 is 1.37 bits per heavy atom. The van der Waals surface area contributed by atoms with Crippen LogP contribution in [0.3, 0.4) is 0 Å². The lowest BCUT2D eigenvalue weighted by molar-refractivity contribution is 0.404. The number of nitrogens with zero attached hydrogens (tertiary/aromatic N) is 1. The first-order valence-electron chi connectivity index (χ1n) is 5.06. The SMILES string of the molecule is Nc1ccc(C#Cc2c(F)c(F)nc(F)c2F)cc1. The van der Waals surface area contributed by atoms with Gasteiger partial charge in [0.1, 0.15) is 5.56 Å². The third-order valence-corrected chi connectivity index (χ3v) is 2.24. The summed E-state index contributed by atoms with van der Waals surface area (Å²) < 4.78 is 52.1. The van der Waals surface area contributed by atoms with Crippen LogP contribution in [0.1, 0.15) is 11.1 Å². The number of aromatic nitrogens is 1. The smallest absolute Gasteiger partial charge is 0.253 e. The topological polar surface area (TPSA) is 38.9 Å². The Kier molecular flexibility index (Phi) is 3.38. The summed E-state index contributed by atoms with van der Waals surface area (Å²) in [5, 5.41) is 0. The lowest BCUT2D eigenvalue weighted by Gasteiger charge is -1.99. The van der Waals surface area contributed by atoms with Crippen molar-refractivity contribution in [2.75, 3.05) is 5.73 Å². The van der Waals surface area contributed by atoms with Crippen molar-refractivity contribution < 1.29 is 17.6 Å². The van der Waals surface area contributed by atoms with Crippen LogP contribution in [0.5, 0.6) is 0 Å². The average molecular weight is 266 g/mol. The van der Waals surface area contributed by atoms with E-state index in [4.69, 9.17) is 5.73 Å². The molecule has 1 aromatic heterocycles. The first kappa shape index (κ1) is 12.9.